The average Bonchev–Trinajstić information content (AvgIpc) is 3.04. The monoisotopic (exact) mass is 394 g/mol. The highest BCUT2D eigenvalue weighted by Crippen LogP contribution is 2.54. The summed E-state index contributed by atoms with van der Waals surface area (Å²) in [7, 11) is 0. The molecular formula is C31H22. The fourth-order valence-electron chi connectivity index (χ4n) is 5.83. The number of fused-ring (bicyclic) bond motifs is 10. The zero-order valence-corrected chi connectivity index (χ0v) is 17.7. The first-order chi connectivity index (χ1) is 15.1. The van der Waals surface area contributed by atoms with Gasteiger partial charge in [0.1, 0.15) is 0 Å². The zero-order chi connectivity index (χ0) is 20.7. The number of benzene rings is 6. The molecule has 6 aromatic rings. The van der Waals surface area contributed by atoms with E-state index in [1.54, 1.807) is 0 Å². The fraction of sp³-hybridized carbons (Fsp3) is 0.0968. The van der Waals surface area contributed by atoms with Crippen LogP contribution in [0, 0.1) is 0 Å². The molecule has 0 heteroatoms. The quantitative estimate of drug-likeness (QED) is 0.179. The van der Waals surface area contributed by atoms with E-state index in [-0.39, 0.29) is 5.41 Å². The molecule has 0 nitrogen and oxygen atoms in total. The molecule has 146 valence electrons. The second-order valence-electron chi connectivity index (χ2n) is 9.41. The van der Waals surface area contributed by atoms with Crippen LogP contribution in [0.4, 0.5) is 0 Å². The van der Waals surface area contributed by atoms with Crippen molar-refractivity contribution in [2.45, 2.75) is 19.3 Å². The minimum Gasteiger partial charge on any atom is -0.0616 e. The minimum atomic E-state index is -0.0182. The Morgan fingerprint density at radius 3 is 1.84 bits per heavy atom. The van der Waals surface area contributed by atoms with E-state index in [2.05, 4.69) is 111 Å². The van der Waals surface area contributed by atoms with E-state index >= 15 is 0 Å². The van der Waals surface area contributed by atoms with Crippen LogP contribution in [0.25, 0.3) is 54.2 Å². The Bertz CT molecular complexity index is 1700. The molecular weight excluding hydrogens is 372 g/mol. The second-order valence-corrected chi connectivity index (χ2v) is 9.41. The largest absolute Gasteiger partial charge is 0.0616 e. The van der Waals surface area contributed by atoms with Gasteiger partial charge in [0.2, 0.25) is 0 Å². The molecule has 0 N–H and O–H groups in total. The molecule has 0 unspecified atom stereocenters. The third-order valence-electron chi connectivity index (χ3n) is 7.39. The fourth-order valence-corrected chi connectivity index (χ4v) is 5.83. The maximum Gasteiger partial charge on any atom is 0.0159 e. The van der Waals surface area contributed by atoms with E-state index in [9.17, 15) is 0 Å². The van der Waals surface area contributed by atoms with Crippen molar-refractivity contribution in [3.05, 3.63) is 108 Å². The van der Waals surface area contributed by atoms with E-state index in [0.717, 1.165) is 0 Å². The van der Waals surface area contributed by atoms with Gasteiger partial charge in [-0.3, -0.25) is 0 Å². The molecule has 0 bridgehead atoms. The first-order valence-corrected chi connectivity index (χ1v) is 11.0. The Labute approximate surface area is 181 Å². The molecule has 0 atom stereocenters. The number of rotatable bonds is 0. The molecule has 6 aromatic carbocycles. The van der Waals surface area contributed by atoms with Crippen LogP contribution in [0.5, 0.6) is 0 Å². The minimum absolute atomic E-state index is 0.0182. The molecule has 0 amide bonds. The highest BCUT2D eigenvalue weighted by Gasteiger charge is 2.37. The molecule has 0 spiro atoms. The SMILES string of the molecule is CC1(C)c2ccc3cc4ccccc4cc3c2-c2c1ccc1ccc3ccccc3c21. The summed E-state index contributed by atoms with van der Waals surface area (Å²) < 4.78 is 0. The van der Waals surface area contributed by atoms with Crippen molar-refractivity contribution in [3.8, 4) is 11.1 Å². The smallest absolute Gasteiger partial charge is 0.0159 e. The van der Waals surface area contributed by atoms with Gasteiger partial charge in [-0.25, -0.2) is 0 Å². The van der Waals surface area contributed by atoms with Crippen molar-refractivity contribution in [2.24, 2.45) is 0 Å². The average molecular weight is 395 g/mol. The van der Waals surface area contributed by atoms with Crippen LogP contribution in [0.15, 0.2) is 97.1 Å². The number of hydrogen-bond acceptors (Lipinski definition) is 0. The maximum atomic E-state index is 2.40. The first kappa shape index (κ1) is 17.1. The summed E-state index contributed by atoms with van der Waals surface area (Å²) in [5.41, 5.74) is 5.70. The normalized spacial score (nSPS) is 14.4. The summed E-state index contributed by atoms with van der Waals surface area (Å²) in [6, 6.07) is 36.1. The molecule has 31 heavy (non-hydrogen) atoms. The lowest BCUT2D eigenvalue weighted by atomic mass is 9.81. The van der Waals surface area contributed by atoms with Crippen LogP contribution >= 0.6 is 0 Å². The lowest BCUT2D eigenvalue weighted by molar-refractivity contribution is 0.661. The van der Waals surface area contributed by atoms with Crippen LogP contribution < -0.4 is 0 Å². The van der Waals surface area contributed by atoms with Crippen molar-refractivity contribution in [2.75, 3.05) is 0 Å². The van der Waals surface area contributed by atoms with Crippen molar-refractivity contribution < 1.29 is 0 Å². The van der Waals surface area contributed by atoms with Crippen molar-refractivity contribution in [3.63, 3.8) is 0 Å². The van der Waals surface area contributed by atoms with Crippen LogP contribution in [0.2, 0.25) is 0 Å². The molecule has 0 aliphatic heterocycles. The molecule has 0 fully saturated rings. The molecule has 7 rings (SSSR count). The highest BCUT2D eigenvalue weighted by molar-refractivity contribution is 6.20. The Morgan fingerprint density at radius 1 is 0.452 bits per heavy atom. The van der Waals surface area contributed by atoms with Crippen molar-refractivity contribution in [1.29, 1.82) is 0 Å². The van der Waals surface area contributed by atoms with E-state index in [0.29, 0.717) is 0 Å². The molecule has 0 saturated carbocycles. The van der Waals surface area contributed by atoms with Gasteiger partial charge in [0, 0.05) is 5.41 Å². The zero-order valence-electron chi connectivity index (χ0n) is 17.7. The van der Waals surface area contributed by atoms with Gasteiger partial charge < -0.3 is 0 Å². The number of hydrogen-bond donors (Lipinski definition) is 0. The van der Waals surface area contributed by atoms with Gasteiger partial charge in [0.25, 0.3) is 0 Å². The van der Waals surface area contributed by atoms with Gasteiger partial charge in [-0.15, -0.1) is 0 Å². The topological polar surface area (TPSA) is 0 Å². The van der Waals surface area contributed by atoms with Gasteiger partial charge in [0.15, 0.2) is 0 Å². The summed E-state index contributed by atoms with van der Waals surface area (Å²) in [6.07, 6.45) is 0. The van der Waals surface area contributed by atoms with Crippen LogP contribution in [0.3, 0.4) is 0 Å². The van der Waals surface area contributed by atoms with E-state index in [1.165, 1.54) is 65.3 Å². The second kappa shape index (κ2) is 5.74. The lowest BCUT2D eigenvalue weighted by Gasteiger charge is -2.22. The van der Waals surface area contributed by atoms with Gasteiger partial charge >= 0.3 is 0 Å². The Kier molecular flexibility index (Phi) is 3.16. The molecule has 0 aromatic heterocycles. The molecule has 1 aliphatic carbocycles. The predicted octanol–water partition coefficient (Wildman–Crippen LogP) is 8.61. The molecule has 0 radical (unpaired) electrons. The van der Waals surface area contributed by atoms with Crippen LogP contribution in [0.1, 0.15) is 25.0 Å². The Morgan fingerprint density at radius 2 is 1.03 bits per heavy atom. The Hall–Kier alpha value is -3.64. The summed E-state index contributed by atoms with van der Waals surface area (Å²) >= 11 is 0. The molecule has 0 saturated heterocycles. The third-order valence-corrected chi connectivity index (χ3v) is 7.39. The maximum absolute atomic E-state index is 2.40. The van der Waals surface area contributed by atoms with E-state index in [4.69, 9.17) is 0 Å². The summed E-state index contributed by atoms with van der Waals surface area (Å²) in [5.74, 6) is 0. The van der Waals surface area contributed by atoms with E-state index < -0.39 is 0 Å². The van der Waals surface area contributed by atoms with Gasteiger partial charge in [-0.2, -0.15) is 0 Å². The molecule has 1 aliphatic rings. The van der Waals surface area contributed by atoms with Crippen LogP contribution in [-0.2, 0) is 5.41 Å². The summed E-state index contributed by atoms with van der Waals surface area (Å²) in [4.78, 5) is 0. The van der Waals surface area contributed by atoms with Gasteiger partial charge in [0.05, 0.1) is 0 Å². The third kappa shape index (κ3) is 2.15. The standard InChI is InChI=1S/C31H22/c1-31(2)26-16-14-23-17-21-8-3-4-9-22(21)18-25(23)29(26)30-27(31)15-13-20-12-11-19-7-5-6-10-24(19)28(20)30/h3-18H,1-2H3. The van der Waals surface area contributed by atoms with Crippen molar-refractivity contribution in [1.82, 2.24) is 0 Å². The van der Waals surface area contributed by atoms with Crippen molar-refractivity contribution >= 4 is 43.1 Å². The lowest BCUT2D eigenvalue weighted by Crippen LogP contribution is -2.14. The summed E-state index contributed by atoms with van der Waals surface area (Å²) in [6.45, 7) is 4.75. The summed E-state index contributed by atoms with van der Waals surface area (Å²) in [5, 5.41) is 10.7. The van der Waals surface area contributed by atoms with Gasteiger partial charge in [-0.05, 0) is 77.5 Å². The van der Waals surface area contributed by atoms with Crippen LogP contribution in [-0.4, -0.2) is 0 Å². The Balaban J connectivity index is 1.74. The predicted molar refractivity (Wildman–Crippen MR) is 134 cm³/mol. The highest BCUT2D eigenvalue weighted by atomic mass is 14.4. The van der Waals surface area contributed by atoms with Gasteiger partial charge in [-0.1, -0.05) is 98.8 Å². The molecule has 0 heterocycles. The van der Waals surface area contributed by atoms with E-state index in [1.807, 2.05) is 0 Å². The first-order valence-electron chi connectivity index (χ1n) is 11.0.